The van der Waals surface area contributed by atoms with Crippen LogP contribution >= 0.6 is 0 Å². The monoisotopic (exact) mass is 272 g/mol. The zero-order valence-electron chi connectivity index (χ0n) is 13.1. The molecule has 0 aliphatic carbocycles. The van der Waals surface area contributed by atoms with Gasteiger partial charge in [0, 0.05) is 32.8 Å². The Balaban J connectivity index is 2.53. The van der Waals surface area contributed by atoms with E-state index >= 15 is 0 Å². The van der Waals surface area contributed by atoms with Crippen LogP contribution in [0.3, 0.4) is 0 Å². The Kier molecular flexibility index (Phi) is 5.21. The molecule has 1 atom stereocenters. The molecule has 1 amide bonds. The number of ether oxygens (including phenoxy) is 2. The SMILES string of the molecule is COC(C)(C)CC1CN(C(=O)OC(C)(C)C)CCN1. The van der Waals surface area contributed by atoms with Crippen LogP contribution in [0.1, 0.15) is 41.0 Å². The van der Waals surface area contributed by atoms with Crippen LogP contribution in [0.4, 0.5) is 4.79 Å². The number of carbonyl (C=O) groups excluding carboxylic acids is 1. The van der Waals surface area contributed by atoms with Crippen LogP contribution in [0.5, 0.6) is 0 Å². The Morgan fingerprint density at radius 1 is 1.32 bits per heavy atom. The molecule has 1 saturated heterocycles. The first kappa shape index (κ1) is 16.2. The van der Waals surface area contributed by atoms with Crippen molar-refractivity contribution in [2.45, 2.75) is 58.3 Å². The number of rotatable bonds is 3. The first-order valence-corrected chi connectivity index (χ1v) is 6.89. The number of nitrogens with zero attached hydrogens (tertiary/aromatic N) is 1. The summed E-state index contributed by atoms with van der Waals surface area (Å²) < 4.78 is 10.9. The molecule has 1 rings (SSSR count). The summed E-state index contributed by atoms with van der Waals surface area (Å²) in [7, 11) is 1.72. The van der Waals surface area contributed by atoms with Crippen molar-refractivity contribution in [2.75, 3.05) is 26.7 Å². The summed E-state index contributed by atoms with van der Waals surface area (Å²) in [6, 6.07) is 0.246. The third-order valence-corrected chi connectivity index (χ3v) is 3.20. The molecular weight excluding hydrogens is 244 g/mol. The van der Waals surface area contributed by atoms with E-state index in [0.29, 0.717) is 13.1 Å². The number of nitrogens with one attached hydrogen (secondary N) is 1. The lowest BCUT2D eigenvalue weighted by Crippen LogP contribution is -2.55. The number of hydrogen-bond donors (Lipinski definition) is 1. The Hall–Kier alpha value is -0.810. The maximum Gasteiger partial charge on any atom is 0.410 e. The molecule has 0 spiro atoms. The highest BCUT2D eigenvalue weighted by Crippen LogP contribution is 2.18. The van der Waals surface area contributed by atoms with E-state index in [2.05, 4.69) is 19.2 Å². The van der Waals surface area contributed by atoms with E-state index in [4.69, 9.17) is 9.47 Å². The normalized spacial score (nSPS) is 21.4. The number of carbonyl (C=O) groups is 1. The second kappa shape index (κ2) is 6.09. The van der Waals surface area contributed by atoms with Crippen LogP contribution in [0, 0.1) is 0 Å². The van der Waals surface area contributed by atoms with E-state index in [1.165, 1.54) is 0 Å². The summed E-state index contributed by atoms with van der Waals surface area (Å²) >= 11 is 0. The van der Waals surface area contributed by atoms with E-state index in [-0.39, 0.29) is 17.7 Å². The first-order valence-electron chi connectivity index (χ1n) is 6.89. The molecule has 5 nitrogen and oxygen atoms in total. The quantitative estimate of drug-likeness (QED) is 0.854. The second-order valence-corrected chi connectivity index (χ2v) is 6.75. The topological polar surface area (TPSA) is 50.8 Å². The number of methoxy groups -OCH3 is 1. The molecule has 5 heteroatoms. The zero-order chi connectivity index (χ0) is 14.7. The molecule has 1 unspecified atom stereocenters. The molecule has 0 aromatic carbocycles. The standard InChI is InChI=1S/C14H28N2O3/c1-13(2,3)19-12(17)16-8-7-15-11(10-16)9-14(4,5)18-6/h11,15H,7-10H2,1-6H3. The van der Waals surface area contributed by atoms with Crippen molar-refractivity contribution in [1.82, 2.24) is 10.2 Å². The Bertz CT molecular complexity index is 310. The predicted molar refractivity (Wildman–Crippen MR) is 75.3 cm³/mol. The van der Waals surface area contributed by atoms with Gasteiger partial charge >= 0.3 is 6.09 Å². The van der Waals surface area contributed by atoms with Gasteiger partial charge in [-0.05, 0) is 41.0 Å². The van der Waals surface area contributed by atoms with Gasteiger partial charge in [-0.3, -0.25) is 0 Å². The van der Waals surface area contributed by atoms with Crippen molar-refractivity contribution in [1.29, 1.82) is 0 Å². The predicted octanol–water partition coefficient (Wildman–Crippen LogP) is 2.01. The van der Waals surface area contributed by atoms with Gasteiger partial charge in [0.25, 0.3) is 0 Å². The fraction of sp³-hybridized carbons (Fsp3) is 0.929. The maximum absolute atomic E-state index is 12.0. The van der Waals surface area contributed by atoms with E-state index < -0.39 is 5.60 Å². The molecule has 1 aliphatic rings. The molecule has 0 radical (unpaired) electrons. The average Bonchev–Trinajstić information content (AvgIpc) is 2.26. The smallest absolute Gasteiger partial charge is 0.410 e. The molecule has 1 aliphatic heterocycles. The molecule has 0 aromatic rings. The highest BCUT2D eigenvalue weighted by atomic mass is 16.6. The minimum Gasteiger partial charge on any atom is -0.444 e. The summed E-state index contributed by atoms with van der Waals surface area (Å²) in [6.45, 7) is 11.9. The summed E-state index contributed by atoms with van der Waals surface area (Å²) in [5.74, 6) is 0. The van der Waals surface area contributed by atoms with Gasteiger partial charge in [-0.15, -0.1) is 0 Å². The van der Waals surface area contributed by atoms with Crippen LogP contribution in [0.25, 0.3) is 0 Å². The number of amides is 1. The van der Waals surface area contributed by atoms with Crippen molar-refractivity contribution in [2.24, 2.45) is 0 Å². The van der Waals surface area contributed by atoms with Gasteiger partial charge in [0.2, 0.25) is 0 Å². The van der Waals surface area contributed by atoms with Crippen LogP contribution in [-0.4, -0.2) is 55.0 Å². The van der Waals surface area contributed by atoms with Crippen LogP contribution in [0.15, 0.2) is 0 Å². The van der Waals surface area contributed by atoms with Gasteiger partial charge in [-0.25, -0.2) is 4.79 Å². The lowest BCUT2D eigenvalue weighted by molar-refractivity contribution is -0.00709. The van der Waals surface area contributed by atoms with Gasteiger partial charge in [0.15, 0.2) is 0 Å². The molecular formula is C14H28N2O3. The van der Waals surface area contributed by atoms with Crippen molar-refractivity contribution in [3.8, 4) is 0 Å². The van der Waals surface area contributed by atoms with Crippen LogP contribution in [0.2, 0.25) is 0 Å². The van der Waals surface area contributed by atoms with E-state index in [0.717, 1.165) is 13.0 Å². The molecule has 112 valence electrons. The van der Waals surface area contributed by atoms with Crippen molar-refractivity contribution in [3.63, 3.8) is 0 Å². The Morgan fingerprint density at radius 3 is 2.47 bits per heavy atom. The largest absolute Gasteiger partial charge is 0.444 e. The summed E-state index contributed by atoms with van der Waals surface area (Å²) in [5.41, 5.74) is -0.627. The summed E-state index contributed by atoms with van der Waals surface area (Å²) in [5, 5.41) is 3.43. The summed E-state index contributed by atoms with van der Waals surface area (Å²) in [4.78, 5) is 13.8. The molecule has 1 N–H and O–H groups in total. The molecule has 19 heavy (non-hydrogen) atoms. The lowest BCUT2D eigenvalue weighted by Gasteiger charge is -2.37. The highest BCUT2D eigenvalue weighted by Gasteiger charge is 2.30. The zero-order valence-corrected chi connectivity index (χ0v) is 13.1. The Morgan fingerprint density at radius 2 is 1.95 bits per heavy atom. The molecule has 0 aromatic heterocycles. The first-order chi connectivity index (χ1) is 8.63. The van der Waals surface area contributed by atoms with Gasteiger partial charge in [-0.2, -0.15) is 0 Å². The minimum atomic E-state index is -0.441. The number of hydrogen-bond acceptors (Lipinski definition) is 4. The van der Waals surface area contributed by atoms with Crippen molar-refractivity contribution < 1.29 is 14.3 Å². The third kappa shape index (κ3) is 5.78. The summed E-state index contributed by atoms with van der Waals surface area (Å²) in [6.07, 6.45) is 0.636. The lowest BCUT2D eigenvalue weighted by atomic mass is 9.97. The van der Waals surface area contributed by atoms with Gasteiger partial charge in [0.1, 0.15) is 5.60 Å². The van der Waals surface area contributed by atoms with Crippen LogP contribution < -0.4 is 5.32 Å². The fourth-order valence-electron chi connectivity index (χ4n) is 2.13. The average molecular weight is 272 g/mol. The highest BCUT2D eigenvalue weighted by molar-refractivity contribution is 5.68. The fourth-order valence-corrected chi connectivity index (χ4v) is 2.13. The molecule has 0 saturated carbocycles. The Labute approximate surface area is 116 Å². The maximum atomic E-state index is 12.0. The number of piperazine rings is 1. The van der Waals surface area contributed by atoms with Crippen molar-refractivity contribution in [3.05, 3.63) is 0 Å². The molecule has 1 fully saturated rings. The second-order valence-electron chi connectivity index (χ2n) is 6.75. The van der Waals surface area contributed by atoms with E-state index in [1.807, 2.05) is 20.8 Å². The van der Waals surface area contributed by atoms with Gasteiger partial charge in [-0.1, -0.05) is 0 Å². The van der Waals surface area contributed by atoms with Gasteiger partial charge < -0.3 is 19.7 Å². The molecule has 0 bridgehead atoms. The van der Waals surface area contributed by atoms with Crippen LogP contribution in [-0.2, 0) is 9.47 Å². The van der Waals surface area contributed by atoms with E-state index in [9.17, 15) is 4.79 Å². The van der Waals surface area contributed by atoms with E-state index in [1.54, 1.807) is 12.0 Å². The minimum absolute atomic E-state index is 0.186. The van der Waals surface area contributed by atoms with Gasteiger partial charge in [0.05, 0.1) is 5.60 Å². The van der Waals surface area contributed by atoms with Crippen molar-refractivity contribution >= 4 is 6.09 Å². The third-order valence-electron chi connectivity index (χ3n) is 3.20. The molecule has 1 heterocycles.